The Labute approximate surface area is 197 Å². The number of halogens is 7. The normalized spacial score (nSPS) is 11.5. The molecule has 0 aliphatic heterocycles. The van der Waals surface area contributed by atoms with Crippen molar-refractivity contribution in [3.05, 3.63) is 95.1 Å². The van der Waals surface area contributed by atoms with E-state index in [-0.39, 0.29) is 29.9 Å². The Morgan fingerprint density at radius 2 is 1.78 bits per heavy atom. The van der Waals surface area contributed by atoms with Gasteiger partial charge in [-0.05, 0) is 24.3 Å². The van der Waals surface area contributed by atoms with Crippen molar-refractivity contribution in [3.63, 3.8) is 0 Å². The van der Waals surface area contributed by atoms with Crippen molar-refractivity contribution in [1.82, 2.24) is 19.6 Å². The molecule has 2 heterocycles. The number of amides is 1. The van der Waals surface area contributed by atoms with Crippen molar-refractivity contribution in [2.24, 2.45) is 0 Å². The van der Waals surface area contributed by atoms with E-state index in [1.165, 1.54) is 35.3 Å². The van der Waals surface area contributed by atoms with Crippen LogP contribution in [-0.2, 0) is 19.5 Å². The van der Waals surface area contributed by atoms with Crippen molar-refractivity contribution in [1.29, 1.82) is 0 Å². The fourth-order valence-electron chi connectivity index (χ4n) is 3.08. The SMILES string of the molecule is O=C(Nc1cnn(Cc2c(F)cc(F)c(F)c2F)c1)c1ccn(COc2cccc(C(F)(F)F)c2)n1. The number of nitrogens with one attached hydrogen (secondary N) is 1. The predicted octanol–water partition coefficient (Wildman–Crippen LogP) is 4.99. The number of benzene rings is 2. The van der Waals surface area contributed by atoms with Gasteiger partial charge in [-0.25, -0.2) is 22.2 Å². The molecule has 0 radical (unpaired) electrons. The fraction of sp³-hybridized carbons (Fsp3) is 0.136. The van der Waals surface area contributed by atoms with Crippen LogP contribution in [0.1, 0.15) is 21.6 Å². The molecule has 2 aromatic carbocycles. The minimum atomic E-state index is -4.53. The van der Waals surface area contributed by atoms with Crippen LogP contribution in [0.3, 0.4) is 0 Å². The summed E-state index contributed by atoms with van der Waals surface area (Å²) in [6, 6.07) is 5.79. The predicted molar refractivity (Wildman–Crippen MR) is 110 cm³/mol. The van der Waals surface area contributed by atoms with E-state index in [1.54, 1.807) is 0 Å². The maximum atomic E-state index is 13.9. The molecule has 0 aliphatic rings. The van der Waals surface area contributed by atoms with Crippen LogP contribution in [-0.4, -0.2) is 25.5 Å². The van der Waals surface area contributed by atoms with Gasteiger partial charge < -0.3 is 10.1 Å². The van der Waals surface area contributed by atoms with Crippen LogP contribution in [0.4, 0.5) is 36.4 Å². The Balaban J connectivity index is 1.37. The molecule has 1 amide bonds. The quantitative estimate of drug-likeness (QED) is 0.215. The summed E-state index contributed by atoms with van der Waals surface area (Å²) < 4.78 is 100.0. The van der Waals surface area contributed by atoms with Crippen LogP contribution in [0.2, 0.25) is 0 Å². The highest BCUT2D eigenvalue weighted by atomic mass is 19.4. The van der Waals surface area contributed by atoms with Crippen molar-refractivity contribution in [3.8, 4) is 5.75 Å². The number of anilines is 1. The van der Waals surface area contributed by atoms with Crippen LogP contribution in [0, 0.1) is 23.3 Å². The summed E-state index contributed by atoms with van der Waals surface area (Å²) in [6.45, 7) is -0.857. The maximum Gasteiger partial charge on any atom is 0.416 e. The summed E-state index contributed by atoms with van der Waals surface area (Å²) >= 11 is 0. The highest BCUT2D eigenvalue weighted by molar-refractivity contribution is 6.02. The van der Waals surface area contributed by atoms with E-state index in [2.05, 4.69) is 15.5 Å². The van der Waals surface area contributed by atoms with Crippen molar-refractivity contribution in [2.75, 3.05) is 5.32 Å². The lowest BCUT2D eigenvalue weighted by Gasteiger charge is -2.10. The molecule has 0 fully saturated rings. The van der Waals surface area contributed by atoms with E-state index in [0.717, 1.165) is 23.0 Å². The summed E-state index contributed by atoms with van der Waals surface area (Å²) in [5.74, 6) is -7.22. The number of hydrogen-bond donors (Lipinski definition) is 1. The highest BCUT2D eigenvalue weighted by Gasteiger charge is 2.30. The Hall–Kier alpha value is -4.36. The molecule has 0 saturated heterocycles. The van der Waals surface area contributed by atoms with E-state index in [4.69, 9.17) is 4.74 Å². The van der Waals surface area contributed by atoms with E-state index < -0.39 is 53.0 Å². The third kappa shape index (κ3) is 5.47. The first-order chi connectivity index (χ1) is 17.0. The third-order valence-electron chi connectivity index (χ3n) is 4.82. The smallest absolute Gasteiger partial charge is 0.416 e. The zero-order chi connectivity index (χ0) is 26.0. The van der Waals surface area contributed by atoms with E-state index in [9.17, 15) is 35.5 Å². The Morgan fingerprint density at radius 3 is 2.53 bits per heavy atom. The molecule has 14 heteroatoms. The molecule has 4 aromatic rings. The van der Waals surface area contributed by atoms with Gasteiger partial charge in [-0.15, -0.1) is 0 Å². The van der Waals surface area contributed by atoms with E-state index in [0.29, 0.717) is 0 Å². The minimum absolute atomic E-state index is 0.0485. The molecule has 4 rings (SSSR count). The number of carbonyl (C=O) groups is 1. The van der Waals surface area contributed by atoms with Crippen LogP contribution >= 0.6 is 0 Å². The largest absolute Gasteiger partial charge is 0.471 e. The summed E-state index contributed by atoms with van der Waals surface area (Å²) in [7, 11) is 0. The fourth-order valence-corrected chi connectivity index (χ4v) is 3.08. The van der Waals surface area contributed by atoms with Gasteiger partial charge in [0, 0.05) is 24.0 Å². The molecule has 7 nitrogen and oxygen atoms in total. The second kappa shape index (κ2) is 9.71. The van der Waals surface area contributed by atoms with Crippen LogP contribution in [0.25, 0.3) is 0 Å². The standard InChI is InChI=1S/C22H14F7N5O2/c23-16-7-17(24)20(26)19(25)15(16)10-34-9-13(8-30-34)31-21(35)18-4-5-33(32-18)11-36-14-3-1-2-12(6-14)22(27,28)29/h1-9H,10-11H2,(H,31,35). The molecular weight excluding hydrogens is 499 g/mol. The molecule has 0 spiro atoms. The molecule has 1 N–H and O–H groups in total. The highest BCUT2D eigenvalue weighted by Crippen LogP contribution is 2.31. The van der Waals surface area contributed by atoms with E-state index in [1.807, 2.05) is 0 Å². The lowest BCUT2D eigenvalue weighted by atomic mass is 10.2. The monoisotopic (exact) mass is 513 g/mol. The van der Waals surface area contributed by atoms with Gasteiger partial charge in [-0.1, -0.05) is 6.07 Å². The summed E-state index contributed by atoms with van der Waals surface area (Å²) in [5, 5.41) is 10.2. The molecule has 0 atom stereocenters. The van der Waals surface area contributed by atoms with Crippen LogP contribution in [0.5, 0.6) is 5.75 Å². The molecule has 36 heavy (non-hydrogen) atoms. The second-order valence-electron chi connectivity index (χ2n) is 7.37. The average molecular weight is 513 g/mol. The lowest BCUT2D eigenvalue weighted by Crippen LogP contribution is -2.14. The Bertz CT molecular complexity index is 1410. The van der Waals surface area contributed by atoms with E-state index >= 15 is 0 Å². The number of alkyl halides is 3. The number of rotatable bonds is 7. The molecule has 0 bridgehead atoms. The third-order valence-corrected chi connectivity index (χ3v) is 4.82. The van der Waals surface area contributed by atoms with Gasteiger partial charge in [-0.3, -0.25) is 9.48 Å². The first-order valence-electron chi connectivity index (χ1n) is 10.0. The Morgan fingerprint density at radius 1 is 1.00 bits per heavy atom. The van der Waals surface area contributed by atoms with Gasteiger partial charge in [0.05, 0.1) is 24.0 Å². The first-order valence-corrected chi connectivity index (χ1v) is 10.0. The van der Waals surface area contributed by atoms with Gasteiger partial charge in [0.25, 0.3) is 5.91 Å². The molecule has 188 valence electrons. The summed E-state index contributed by atoms with van der Waals surface area (Å²) in [6.07, 6.45) is -0.810. The molecule has 0 aliphatic carbocycles. The topological polar surface area (TPSA) is 74.0 Å². The lowest BCUT2D eigenvalue weighted by molar-refractivity contribution is -0.137. The molecular formula is C22H14F7N5O2. The maximum absolute atomic E-state index is 13.9. The summed E-state index contributed by atoms with van der Waals surface area (Å²) in [4.78, 5) is 12.4. The van der Waals surface area contributed by atoms with Gasteiger partial charge in [-0.2, -0.15) is 23.4 Å². The van der Waals surface area contributed by atoms with Crippen molar-refractivity contribution in [2.45, 2.75) is 19.5 Å². The zero-order valence-electron chi connectivity index (χ0n) is 17.9. The van der Waals surface area contributed by atoms with Gasteiger partial charge in [0.2, 0.25) is 0 Å². The van der Waals surface area contributed by atoms with Crippen LogP contribution < -0.4 is 10.1 Å². The number of ether oxygens (including phenoxy) is 1. The number of hydrogen-bond acceptors (Lipinski definition) is 4. The molecule has 0 saturated carbocycles. The van der Waals surface area contributed by atoms with Crippen LogP contribution in [0.15, 0.2) is 55.0 Å². The van der Waals surface area contributed by atoms with Crippen molar-refractivity contribution < 1.29 is 40.3 Å². The van der Waals surface area contributed by atoms with Gasteiger partial charge >= 0.3 is 6.18 Å². The minimum Gasteiger partial charge on any atom is -0.471 e. The molecule has 0 unspecified atom stereocenters. The number of aromatic nitrogens is 4. The zero-order valence-corrected chi connectivity index (χ0v) is 17.9. The average Bonchev–Trinajstić information content (AvgIpc) is 3.48. The second-order valence-corrected chi connectivity index (χ2v) is 7.37. The van der Waals surface area contributed by atoms with Crippen molar-refractivity contribution >= 4 is 11.6 Å². The Kier molecular flexibility index (Phi) is 6.68. The van der Waals surface area contributed by atoms with Gasteiger partial charge in [0.1, 0.15) is 11.6 Å². The first kappa shape index (κ1) is 24.8. The number of carbonyl (C=O) groups excluding carboxylic acids is 1. The molecule has 2 aromatic heterocycles. The van der Waals surface area contributed by atoms with Gasteiger partial charge in [0.15, 0.2) is 29.9 Å². The summed E-state index contributed by atoms with van der Waals surface area (Å²) in [5.41, 5.74) is -1.60. The number of nitrogens with zero attached hydrogens (tertiary/aromatic N) is 4.